The molecular formula is C17H20FNO4. The molecule has 2 amide bonds. The predicted octanol–water partition coefficient (Wildman–Crippen LogP) is 1.74. The standard InChI is InChI=1S/C17H20FNO4/c18-11-5-7-13(8-6-11)23-10-12(20)9-19-16(21)14-3-1-2-4-15(14)17(19)22/h5-8,12,14-15,20H,1-4,9-10H2. The van der Waals surface area contributed by atoms with Gasteiger partial charge >= 0.3 is 0 Å². The molecule has 124 valence electrons. The van der Waals surface area contributed by atoms with Gasteiger partial charge in [0.25, 0.3) is 0 Å². The van der Waals surface area contributed by atoms with E-state index >= 15 is 0 Å². The molecule has 3 unspecified atom stereocenters. The lowest BCUT2D eigenvalue weighted by atomic mass is 9.81. The largest absolute Gasteiger partial charge is 0.491 e. The third-order valence-electron chi connectivity index (χ3n) is 4.58. The number of halogens is 1. The first kappa shape index (κ1) is 15.9. The van der Waals surface area contributed by atoms with Crippen LogP contribution in [0.3, 0.4) is 0 Å². The molecule has 1 aliphatic heterocycles. The molecule has 0 spiro atoms. The highest BCUT2D eigenvalue weighted by Gasteiger charge is 2.48. The summed E-state index contributed by atoms with van der Waals surface area (Å²) < 4.78 is 18.2. The molecule has 5 nitrogen and oxygen atoms in total. The number of likely N-dealkylation sites (tertiary alicyclic amines) is 1. The minimum Gasteiger partial charge on any atom is -0.491 e. The molecular weight excluding hydrogens is 301 g/mol. The summed E-state index contributed by atoms with van der Waals surface area (Å²) in [7, 11) is 0. The van der Waals surface area contributed by atoms with Crippen LogP contribution in [0.1, 0.15) is 25.7 Å². The first-order chi connectivity index (χ1) is 11.1. The van der Waals surface area contributed by atoms with Gasteiger partial charge in [0.05, 0.1) is 18.4 Å². The minimum absolute atomic E-state index is 0.0497. The Morgan fingerprint density at radius 1 is 1.13 bits per heavy atom. The van der Waals surface area contributed by atoms with Crippen molar-refractivity contribution in [1.29, 1.82) is 0 Å². The Morgan fingerprint density at radius 3 is 2.26 bits per heavy atom. The van der Waals surface area contributed by atoms with Crippen molar-refractivity contribution in [1.82, 2.24) is 4.90 Å². The number of nitrogens with zero attached hydrogens (tertiary/aromatic N) is 1. The van der Waals surface area contributed by atoms with E-state index in [-0.39, 0.29) is 42.6 Å². The predicted molar refractivity (Wildman–Crippen MR) is 80.1 cm³/mol. The maximum atomic E-state index is 12.8. The van der Waals surface area contributed by atoms with Crippen LogP contribution < -0.4 is 4.74 Å². The molecule has 1 aliphatic carbocycles. The van der Waals surface area contributed by atoms with Crippen molar-refractivity contribution in [2.24, 2.45) is 11.8 Å². The smallest absolute Gasteiger partial charge is 0.233 e. The minimum atomic E-state index is -0.965. The van der Waals surface area contributed by atoms with E-state index < -0.39 is 6.10 Å². The maximum Gasteiger partial charge on any atom is 0.233 e. The fourth-order valence-electron chi connectivity index (χ4n) is 3.40. The number of benzene rings is 1. The third kappa shape index (κ3) is 3.37. The molecule has 23 heavy (non-hydrogen) atoms. The van der Waals surface area contributed by atoms with Gasteiger partial charge in [-0.1, -0.05) is 12.8 Å². The number of amides is 2. The molecule has 2 fully saturated rings. The Kier molecular flexibility index (Phi) is 4.61. The molecule has 1 aromatic carbocycles. The number of aliphatic hydroxyl groups excluding tert-OH is 1. The molecule has 0 bridgehead atoms. The number of fused-ring (bicyclic) bond motifs is 1. The molecule has 1 heterocycles. The zero-order valence-electron chi connectivity index (χ0n) is 12.8. The summed E-state index contributed by atoms with van der Waals surface area (Å²) in [6, 6.07) is 5.45. The van der Waals surface area contributed by atoms with Crippen molar-refractivity contribution >= 4 is 11.8 Å². The summed E-state index contributed by atoms with van der Waals surface area (Å²) in [6.45, 7) is -0.107. The molecule has 3 atom stereocenters. The van der Waals surface area contributed by atoms with Gasteiger partial charge < -0.3 is 9.84 Å². The van der Waals surface area contributed by atoms with Gasteiger partial charge in [-0.05, 0) is 37.1 Å². The second kappa shape index (κ2) is 6.66. The van der Waals surface area contributed by atoms with Crippen LogP contribution in [0.5, 0.6) is 5.75 Å². The highest BCUT2D eigenvalue weighted by molar-refractivity contribution is 6.05. The van der Waals surface area contributed by atoms with E-state index in [0.29, 0.717) is 5.75 Å². The summed E-state index contributed by atoms with van der Waals surface area (Å²) in [6.07, 6.45) is 2.50. The van der Waals surface area contributed by atoms with Crippen molar-refractivity contribution in [2.45, 2.75) is 31.8 Å². The lowest BCUT2D eigenvalue weighted by Gasteiger charge is -2.19. The second-order valence-electron chi connectivity index (χ2n) is 6.20. The first-order valence-corrected chi connectivity index (χ1v) is 7.98. The van der Waals surface area contributed by atoms with Crippen LogP contribution in [-0.4, -0.2) is 41.1 Å². The molecule has 1 saturated heterocycles. The molecule has 0 radical (unpaired) electrons. The van der Waals surface area contributed by atoms with Gasteiger partial charge in [-0.2, -0.15) is 0 Å². The van der Waals surface area contributed by atoms with Gasteiger partial charge in [0, 0.05) is 0 Å². The van der Waals surface area contributed by atoms with Crippen molar-refractivity contribution < 1.29 is 23.8 Å². The average molecular weight is 321 g/mol. The van der Waals surface area contributed by atoms with E-state index in [2.05, 4.69) is 0 Å². The van der Waals surface area contributed by atoms with Gasteiger partial charge in [-0.25, -0.2) is 4.39 Å². The Balaban J connectivity index is 1.55. The average Bonchev–Trinajstić information content (AvgIpc) is 2.80. The highest BCUT2D eigenvalue weighted by atomic mass is 19.1. The van der Waals surface area contributed by atoms with Crippen molar-refractivity contribution in [3.8, 4) is 5.75 Å². The topological polar surface area (TPSA) is 66.8 Å². The van der Waals surface area contributed by atoms with Crippen LogP contribution in [0.4, 0.5) is 4.39 Å². The first-order valence-electron chi connectivity index (χ1n) is 7.98. The van der Waals surface area contributed by atoms with Crippen LogP contribution in [0.2, 0.25) is 0 Å². The van der Waals surface area contributed by atoms with Crippen molar-refractivity contribution in [2.75, 3.05) is 13.2 Å². The van der Waals surface area contributed by atoms with Crippen molar-refractivity contribution in [3.05, 3.63) is 30.1 Å². The van der Waals surface area contributed by atoms with Crippen LogP contribution in [0.25, 0.3) is 0 Å². The number of rotatable bonds is 5. The Labute approximate surface area is 134 Å². The summed E-state index contributed by atoms with van der Waals surface area (Å²) >= 11 is 0. The molecule has 0 aromatic heterocycles. The monoisotopic (exact) mass is 321 g/mol. The fraction of sp³-hybridized carbons (Fsp3) is 0.529. The van der Waals surface area contributed by atoms with Crippen LogP contribution in [0, 0.1) is 17.7 Å². The van der Waals surface area contributed by atoms with Gasteiger partial charge in [0.2, 0.25) is 11.8 Å². The fourth-order valence-corrected chi connectivity index (χ4v) is 3.40. The Bertz CT molecular complexity index is 565. The molecule has 1 N–H and O–H groups in total. The number of carbonyl (C=O) groups is 2. The van der Waals surface area contributed by atoms with Gasteiger partial charge in [-0.3, -0.25) is 14.5 Å². The summed E-state index contributed by atoms with van der Waals surface area (Å²) in [4.78, 5) is 25.8. The van der Waals surface area contributed by atoms with E-state index in [1.807, 2.05) is 0 Å². The van der Waals surface area contributed by atoms with Crippen molar-refractivity contribution in [3.63, 3.8) is 0 Å². The molecule has 1 saturated carbocycles. The lowest BCUT2D eigenvalue weighted by Crippen LogP contribution is -2.40. The van der Waals surface area contributed by atoms with E-state index in [9.17, 15) is 19.1 Å². The quantitative estimate of drug-likeness (QED) is 0.839. The van der Waals surface area contributed by atoms with Gasteiger partial charge in [0.15, 0.2) is 0 Å². The normalized spacial score (nSPS) is 25.4. The summed E-state index contributed by atoms with van der Waals surface area (Å²) in [5.74, 6) is -0.684. The SMILES string of the molecule is O=C1C2CCCCC2C(=O)N1CC(O)COc1ccc(F)cc1. The number of hydrogen-bond donors (Lipinski definition) is 1. The number of carbonyl (C=O) groups excluding carboxylic acids is 2. The van der Waals surface area contributed by atoms with E-state index in [0.717, 1.165) is 25.7 Å². The van der Waals surface area contributed by atoms with E-state index in [1.54, 1.807) is 0 Å². The summed E-state index contributed by atoms with van der Waals surface area (Å²) in [5.41, 5.74) is 0. The summed E-state index contributed by atoms with van der Waals surface area (Å²) in [5, 5.41) is 10.0. The highest BCUT2D eigenvalue weighted by Crippen LogP contribution is 2.37. The molecule has 6 heteroatoms. The maximum absolute atomic E-state index is 12.8. The van der Waals surface area contributed by atoms with Crippen LogP contribution in [0.15, 0.2) is 24.3 Å². The van der Waals surface area contributed by atoms with Gasteiger partial charge in [0.1, 0.15) is 24.3 Å². The van der Waals surface area contributed by atoms with E-state index in [1.165, 1.54) is 29.2 Å². The number of ether oxygens (including phenoxy) is 1. The van der Waals surface area contributed by atoms with Gasteiger partial charge in [-0.15, -0.1) is 0 Å². The Hall–Kier alpha value is -1.95. The number of imide groups is 1. The zero-order chi connectivity index (χ0) is 16.4. The molecule has 1 aromatic rings. The molecule has 2 aliphatic rings. The lowest BCUT2D eigenvalue weighted by molar-refractivity contribution is -0.141. The second-order valence-corrected chi connectivity index (χ2v) is 6.20. The zero-order valence-corrected chi connectivity index (χ0v) is 12.8. The number of hydrogen-bond acceptors (Lipinski definition) is 4. The van der Waals surface area contributed by atoms with Crippen LogP contribution in [-0.2, 0) is 9.59 Å². The number of β-amino-alcohol motifs (C(OH)–C–C–N with tert-alkyl or cyclic N) is 1. The van der Waals surface area contributed by atoms with Crippen LogP contribution >= 0.6 is 0 Å². The third-order valence-corrected chi connectivity index (χ3v) is 4.58. The number of aliphatic hydroxyl groups is 1. The Morgan fingerprint density at radius 2 is 1.70 bits per heavy atom. The molecule has 3 rings (SSSR count). The van der Waals surface area contributed by atoms with E-state index in [4.69, 9.17) is 4.74 Å².